The van der Waals surface area contributed by atoms with Gasteiger partial charge in [0.1, 0.15) is 12.1 Å². The predicted octanol–water partition coefficient (Wildman–Crippen LogP) is 0.932. The number of hydrogen-bond acceptors (Lipinski definition) is 7. The van der Waals surface area contributed by atoms with E-state index in [2.05, 4.69) is 15.0 Å². The van der Waals surface area contributed by atoms with Crippen molar-refractivity contribution in [2.45, 2.75) is 39.3 Å². The van der Waals surface area contributed by atoms with Gasteiger partial charge in [0.15, 0.2) is 11.5 Å². The molecule has 0 unspecified atom stereocenters. The van der Waals surface area contributed by atoms with E-state index in [4.69, 9.17) is 19.9 Å². The van der Waals surface area contributed by atoms with Crippen molar-refractivity contribution in [3.63, 3.8) is 0 Å². The molecule has 0 aromatic carbocycles. The Balaban J connectivity index is 1.79. The third kappa shape index (κ3) is 4.29. The first-order chi connectivity index (χ1) is 12.0. The van der Waals surface area contributed by atoms with E-state index in [1.165, 1.54) is 0 Å². The highest BCUT2D eigenvalue weighted by Gasteiger charge is 2.20. The molecule has 0 saturated carbocycles. The second kappa shape index (κ2) is 7.83. The van der Waals surface area contributed by atoms with Crippen LogP contribution >= 0.6 is 0 Å². The molecule has 1 fully saturated rings. The number of imidazole rings is 1. The largest absolute Gasteiger partial charge is 0.461 e. The van der Waals surface area contributed by atoms with Crippen LogP contribution in [0.2, 0.25) is 0 Å². The molecule has 1 aliphatic rings. The minimum Gasteiger partial charge on any atom is -0.461 e. The first-order valence-corrected chi connectivity index (χ1v) is 8.62. The number of H-pyrrole nitrogens is 1. The summed E-state index contributed by atoms with van der Waals surface area (Å²) in [5.41, 5.74) is 6.65. The molecule has 0 aliphatic carbocycles. The van der Waals surface area contributed by atoms with Crippen LogP contribution in [-0.2, 0) is 16.0 Å². The van der Waals surface area contributed by atoms with Crippen molar-refractivity contribution in [1.82, 2.24) is 19.5 Å². The summed E-state index contributed by atoms with van der Waals surface area (Å²) < 4.78 is 17.9. The lowest BCUT2D eigenvalue weighted by molar-refractivity contribution is 0.0532. The monoisotopic (exact) mass is 351 g/mol. The van der Waals surface area contributed by atoms with Crippen LogP contribution in [0.1, 0.15) is 26.7 Å². The Kier molecular flexibility index (Phi) is 5.54. The molecule has 9 nitrogen and oxygen atoms in total. The molecule has 2 aromatic heterocycles. The highest BCUT2D eigenvalue weighted by Crippen LogP contribution is 2.21. The molecule has 3 N–H and O–H groups in total. The number of fused-ring (bicyclic) bond motifs is 1. The third-order valence-corrected chi connectivity index (χ3v) is 4.18. The summed E-state index contributed by atoms with van der Waals surface area (Å²) in [5.74, 6) is 0.582. The summed E-state index contributed by atoms with van der Waals surface area (Å²) in [4.78, 5) is 23.5. The fraction of sp³-hybridized carbons (Fsp3) is 0.688. The smallest absolute Gasteiger partial charge is 0.327 e. The number of aromatic nitrogens is 4. The normalized spacial score (nSPS) is 16.0. The van der Waals surface area contributed by atoms with E-state index in [1.54, 1.807) is 4.57 Å². The van der Waals surface area contributed by atoms with Gasteiger partial charge in [0, 0.05) is 19.8 Å². The molecule has 1 aliphatic heterocycles. The van der Waals surface area contributed by atoms with E-state index in [-0.39, 0.29) is 23.6 Å². The Bertz CT molecular complexity index is 764. The molecule has 3 heterocycles. The molecule has 0 bridgehead atoms. The Morgan fingerprint density at radius 1 is 1.32 bits per heavy atom. The topological polar surface area (TPSA) is 117 Å². The van der Waals surface area contributed by atoms with Crippen molar-refractivity contribution in [3.05, 3.63) is 10.5 Å². The second-order valence-corrected chi connectivity index (χ2v) is 6.45. The molecule has 2 aromatic rings. The van der Waals surface area contributed by atoms with Crippen LogP contribution in [-0.4, -0.2) is 52.1 Å². The zero-order chi connectivity index (χ0) is 17.8. The van der Waals surface area contributed by atoms with Crippen LogP contribution in [0, 0.1) is 5.92 Å². The molecule has 9 heteroatoms. The summed E-state index contributed by atoms with van der Waals surface area (Å²) in [6.07, 6.45) is 1.98. The van der Waals surface area contributed by atoms with E-state index < -0.39 is 0 Å². The van der Waals surface area contributed by atoms with Gasteiger partial charge in [0.2, 0.25) is 0 Å². The molecule has 25 heavy (non-hydrogen) atoms. The minimum absolute atomic E-state index is 0.131. The van der Waals surface area contributed by atoms with Crippen molar-refractivity contribution >= 4 is 17.0 Å². The number of nitrogens with zero attached hydrogens (tertiary/aromatic N) is 3. The summed E-state index contributed by atoms with van der Waals surface area (Å²) in [5, 5.41) is 0. The first kappa shape index (κ1) is 17.7. The van der Waals surface area contributed by atoms with E-state index in [9.17, 15) is 4.79 Å². The van der Waals surface area contributed by atoms with Gasteiger partial charge in [-0.1, -0.05) is 0 Å². The van der Waals surface area contributed by atoms with Gasteiger partial charge in [0.25, 0.3) is 0 Å². The standard InChI is InChI=1S/C16H25N5O4/c1-10(2)24-7-8-25-15-19-13(17)12-14(20-15)21(16(22)18-12)9-11-3-5-23-6-4-11/h10-11H,3-9H2,1-2H3,(H,18,22)(H2,17,19,20). The molecule has 3 rings (SSSR count). The van der Waals surface area contributed by atoms with E-state index >= 15 is 0 Å². The Morgan fingerprint density at radius 2 is 2.08 bits per heavy atom. The molecular formula is C16H25N5O4. The number of nitrogens with two attached hydrogens (primary N) is 1. The number of anilines is 1. The van der Waals surface area contributed by atoms with E-state index in [0.717, 1.165) is 26.1 Å². The highest BCUT2D eigenvalue weighted by molar-refractivity contribution is 5.81. The van der Waals surface area contributed by atoms with Crippen molar-refractivity contribution in [2.75, 3.05) is 32.2 Å². The summed E-state index contributed by atoms with van der Waals surface area (Å²) in [6.45, 7) is 6.68. The molecule has 0 amide bonds. The Labute approximate surface area is 145 Å². The molecule has 0 atom stereocenters. The van der Waals surface area contributed by atoms with Gasteiger partial charge in [-0.15, -0.1) is 0 Å². The molecule has 0 radical (unpaired) electrons. The maximum atomic E-state index is 12.3. The van der Waals surface area contributed by atoms with Crippen LogP contribution in [0.5, 0.6) is 6.01 Å². The van der Waals surface area contributed by atoms with Gasteiger partial charge in [-0.05, 0) is 32.6 Å². The lowest BCUT2D eigenvalue weighted by Gasteiger charge is -2.22. The quantitative estimate of drug-likeness (QED) is 0.713. The lowest BCUT2D eigenvalue weighted by Crippen LogP contribution is -2.26. The molecular weight excluding hydrogens is 326 g/mol. The molecule has 138 valence electrons. The van der Waals surface area contributed by atoms with Crippen LogP contribution in [0.15, 0.2) is 4.79 Å². The maximum absolute atomic E-state index is 12.3. The van der Waals surface area contributed by atoms with Crippen LogP contribution in [0.3, 0.4) is 0 Å². The number of aromatic amines is 1. The van der Waals surface area contributed by atoms with Crippen molar-refractivity contribution in [1.29, 1.82) is 0 Å². The second-order valence-electron chi connectivity index (χ2n) is 6.45. The average molecular weight is 351 g/mol. The first-order valence-electron chi connectivity index (χ1n) is 8.62. The van der Waals surface area contributed by atoms with Gasteiger partial charge >= 0.3 is 11.7 Å². The van der Waals surface area contributed by atoms with Gasteiger partial charge in [-0.25, -0.2) is 4.79 Å². The van der Waals surface area contributed by atoms with Crippen molar-refractivity contribution < 1.29 is 14.2 Å². The summed E-state index contributed by atoms with van der Waals surface area (Å²) in [7, 11) is 0. The van der Waals surface area contributed by atoms with Crippen molar-refractivity contribution in [2.24, 2.45) is 5.92 Å². The number of ether oxygens (including phenoxy) is 3. The maximum Gasteiger partial charge on any atom is 0.327 e. The van der Waals surface area contributed by atoms with E-state index in [1.807, 2.05) is 13.8 Å². The van der Waals surface area contributed by atoms with Gasteiger partial charge in [-0.2, -0.15) is 9.97 Å². The SMILES string of the molecule is CC(C)OCCOc1nc(N)c2[nH]c(=O)n(CC3CCOCC3)c2n1. The van der Waals surface area contributed by atoms with Crippen LogP contribution in [0.4, 0.5) is 5.82 Å². The van der Waals surface area contributed by atoms with Crippen molar-refractivity contribution in [3.8, 4) is 6.01 Å². The Morgan fingerprint density at radius 3 is 2.80 bits per heavy atom. The number of hydrogen-bond donors (Lipinski definition) is 2. The highest BCUT2D eigenvalue weighted by atomic mass is 16.5. The molecule has 1 saturated heterocycles. The van der Waals surface area contributed by atoms with Gasteiger partial charge in [-0.3, -0.25) is 4.57 Å². The zero-order valence-electron chi connectivity index (χ0n) is 14.7. The van der Waals surface area contributed by atoms with Gasteiger partial charge < -0.3 is 24.9 Å². The number of rotatable bonds is 7. The fourth-order valence-corrected chi connectivity index (χ4v) is 2.87. The fourth-order valence-electron chi connectivity index (χ4n) is 2.87. The average Bonchev–Trinajstić information content (AvgIpc) is 2.89. The minimum atomic E-state index is -0.234. The summed E-state index contributed by atoms with van der Waals surface area (Å²) in [6, 6.07) is 0.150. The lowest BCUT2D eigenvalue weighted by atomic mass is 10.0. The summed E-state index contributed by atoms with van der Waals surface area (Å²) >= 11 is 0. The van der Waals surface area contributed by atoms with E-state index in [0.29, 0.717) is 36.8 Å². The van der Waals surface area contributed by atoms with Crippen LogP contribution in [0.25, 0.3) is 11.2 Å². The molecule has 0 spiro atoms. The van der Waals surface area contributed by atoms with Crippen LogP contribution < -0.4 is 16.2 Å². The Hall–Kier alpha value is -2.13. The number of nitrogens with one attached hydrogen (secondary N) is 1. The third-order valence-electron chi connectivity index (χ3n) is 4.18. The van der Waals surface area contributed by atoms with Gasteiger partial charge in [0.05, 0.1) is 12.7 Å². The number of nitrogen functional groups attached to an aromatic ring is 1. The predicted molar refractivity (Wildman–Crippen MR) is 92.7 cm³/mol. The zero-order valence-corrected chi connectivity index (χ0v) is 14.7.